The number of carbonyl (C=O) groups is 2. The van der Waals surface area contributed by atoms with E-state index in [1.807, 2.05) is 0 Å². The summed E-state index contributed by atoms with van der Waals surface area (Å²) in [5, 5.41) is 11.5. The molecule has 7 nitrogen and oxygen atoms in total. The van der Waals surface area contributed by atoms with Gasteiger partial charge >= 0.3 is 5.97 Å². The molecule has 0 fully saturated rings. The second-order valence-corrected chi connectivity index (χ2v) is 7.30. The number of ketones is 1. The summed E-state index contributed by atoms with van der Waals surface area (Å²) in [6.07, 6.45) is 1.50. The number of non-ortho nitro benzene ring substituents is 1. The fourth-order valence-electron chi connectivity index (χ4n) is 2.88. The van der Waals surface area contributed by atoms with Crippen molar-refractivity contribution in [2.45, 2.75) is 0 Å². The predicted molar refractivity (Wildman–Crippen MR) is 114 cm³/mol. The zero-order valence-corrected chi connectivity index (χ0v) is 17.0. The van der Waals surface area contributed by atoms with Crippen molar-refractivity contribution in [1.29, 1.82) is 0 Å². The Morgan fingerprint density at radius 2 is 1.77 bits per heavy atom. The third kappa shape index (κ3) is 4.28. The van der Waals surface area contributed by atoms with Gasteiger partial charge in [-0.2, -0.15) is 0 Å². The van der Waals surface area contributed by atoms with Gasteiger partial charge in [-0.25, -0.2) is 4.79 Å². The quantitative estimate of drug-likeness (QED) is 0.163. The van der Waals surface area contributed by atoms with Crippen molar-refractivity contribution in [3.63, 3.8) is 0 Å². The molecule has 0 radical (unpaired) electrons. The second kappa shape index (κ2) is 8.22. The standard InChI is InChI=1S/C22H11Cl2NO6/c23-14-4-1-13(18(24)10-14)9-20-21(26)17-8-7-16(11-19(17)31-20)30-22(27)12-2-5-15(6-3-12)25(28)29/h1-11H/b20-9-. The number of Topliss-reactive ketones (excluding diaryl/α,β-unsaturated/α-hetero) is 1. The summed E-state index contributed by atoms with van der Waals surface area (Å²) in [5.74, 6) is -0.591. The molecule has 9 heteroatoms. The second-order valence-electron chi connectivity index (χ2n) is 6.46. The van der Waals surface area contributed by atoms with Gasteiger partial charge in [0.15, 0.2) is 5.76 Å². The van der Waals surface area contributed by atoms with Gasteiger partial charge in [-0.05, 0) is 48.0 Å². The van der Waals surface area contributed by atoms with Crippen LogP contribution < -0.4 is 9.47 Å². The van der Waals surface area contributed by atoms with Gasteiger partial charge in [-0.3, -0.25) is 14.9 Å². The number of fused-ring (bicyclic) bond motifs is 1. The van der Waals surface area contributed by atoms with Crippen molar-refractivity contribution < 1.29 is 24.0 Å². The Bertz CT molecular complexity index is 1270. The number of allylic oxidation sites excluding steroid dienone is 1. The van der Waals surface area contributed by atoms with Crippen molar-refractivity contribution in [2.75, 3.05) is 0 Å². The van der Waals surface area contributed by atoms with Crippen LogP contribution in [-0.4, -0.2) is 16.7 Å². The smallest absolute Gasteiger partial charge is 0.343 e. The number of benzene rings is 3. The van der Waals surface area contributed by atoms with E-state index < -0.39 is 10.9 Å². The Labute approximate surface area is 185 Å². The highest BCUT2D eigenvalue weighted by Gasteiger charge is 2.28. The molecule has 1 aliphatic heterocycles. The van der Waals surface area contributed by atoms with Crippen LogP contribution >= 0.6 is 23.2 Å². The summed E-state index contributed by atoms with van der Waals surface area (Å²) in [7, 11) is 0. The molecular weight excluding hydrogens is 445 g/mol. The van der Waals surface area contributed by atoms with Crippen LogP contribution in [0.25, 0.3) is 6.08 Å². The Kier molecular flexibility index (Phi) is 5.46. The first-order valence-corrected chi connectivity index (χ1v) is 9.57. The van der Waals surface area contributed by atoms with Crippen LogP contribution in [0.15, 0.2) is 66.4 Å². The molecule has 0 saturated heterocycles. The molecule has 0 spiro atoms. The average molecular weight is 456 g/mol. The third-order valence-electron chi connectivity index (χ3n) is 4.41. The lowest BCUT2D eigenvalue weighted by Gasteiger charge is -2.05. The van der Waals surface area contributed by atoms with Gasteiger partial charge in [0, 0.05) is 28.2 Å². The van der Waals surface area contributed by atoms with Gasteiger partial charge in [0.2, 0.25) is 5.78 Å². The van der Waals surface area contributed by atoms with Gasteiger partial charge in [-0.1, -0.05) is 29.3 Å². The Hall–Kier alpha value is -3.68. The molecule has 31 heavy (non-hydrogen) atoms. The fraction of sp³-hybridized carbons (Fsp3) is 0. The number of nitrogens with zero attached hydrogens (tertiary/aromatic N) is 1. The summed E-state index contributed by atoms with van der Waals surface area (Å²) in [5.41, 5.74) is 0.876. The first-order valence-electron chi connectivity index (χ1n) is 8.82. The number of halogens is 2. The minimum atomic E-state index is -0.706. The maximum Gasteiger partial charge on any atom is 0.343 e. The molecular formula is C22H11Cl2NO6. The van der Waals surface area contributed by atoms with E-state index in [2.05, 4.69) is 0 Å². The molecule has 0 aromatic heterocycles. The normalized spacial score (nSPS) is 13.6. The van der Waals surface area contributed by atoms with E-state index in [9.17, 15) is 19.7 Å². The first-order chi connectivity index (χ1) is 14.8. The van der Waals surface area contributed by atoms with Gasteiger partial charge < -0.3 is 9.47 Å². The molecule has 0 amide bonds. The maximum absolute atomic E-state index is 12.6. The van der Waals surface area contributed by atoms with Crippen LogP contribution in [0.2, 0.25) is 10.0 Å². The molecule has 0 unspecified atom stereocenters. The van der Waals surface area contributed by atoms with Crippen LogP contribution in [0.3, 0.4) is 0 Å². The summed E-state index contributed by atoms with van der Waals surface area (Å²) in [6.45, 7) is 0. The number of hydrogen-bond acceptors (Lipinski definition) is 6. The Balaban J connectivity index is 1.53. The molecule has 0 aliphatic carbocycles. The molecule has 0 saturated carbocycles. The van der Waals surface area contributed by atoms with Gasteiger partial charge in [0.05, 0.1) is 16.1 Å². The molecule has 1 aliphatic rings. The fourth-order valence-corrected chi connectivity index (χ4v) is 3.34. The number of hydrogen-bond donors (Lipinski definition) is 0. The van der Waals surface area contributed by atoms with Crippen molar-refractivity contribution in [3.05, 3.63) is 103 Å². The predicted octanol–water partition coefficient (Wildman–Crippen LogP) is 5.74. The van der Waals surface area contributed by atoms with Crippen molar-refractivity contribution in [1.82, 2.24) is 0 Å². The first kappa shape index (κ1) is 20.6. The van der Waals surface area contributed by atoms with E-state index in [4.69, 9.17) is 32.7 Å². The molecule has 154 valence electrons. The van der Waals surface area contributed by atoms with Crippen LogP contribution in [0.4, 0.5) is 5.69 Å². The van der Waals surface area contributed by atoms with E-state index in [0.717, 1.165) is 0 Å². The number of rotatable bonds is 4. The van der Waals surface area contributed by atoms with Crippen LogP contribution in [-0.2, 0) is 0 Å². The molecule has 4 rings (SSSR count). The number of nitro groups is 1. The average Bonchev–Trinajstić information content (AvgIpc) is 3.05. The number of carbonyl (C=O) groups excluding carboxylic acids is 2. The molecule has 1 heterocycles. The van der Waals surface area contributed by atoms with Crippen molar-refractivity contribution >= 4 is 46.7 Å². The Morgan fingerprint density at radius 1 is 1.03 bits per heavy atom. The third-order valence-corrected chi connectivity index (χ3v) is 4.98. The minimum absolute atomic E-state index is 0.0677. The highest BCUT2D eigenvalue weighted by Crippen LogP contribution is 2.36. The van der Waals surface area contributed by atoms with E-state index >= 15 is 0 Å². The summed E-state index contributed by atoms with van der Waals surface area (Å²) in [4.78, 5) is 35.0. The zero-order chi connectivity index (χ0) is 22.1. The highest BCUT2D eigenvalue weighted by molar-refractivity contribution is 6.35. The monoisotopic (exact) mass is 455 g/mol. The number of nitro benzene ring substituents is 1. The summed E-state index contributed by atoms with van der Waals surface area (Å²) < 4.78 is 10.9. The van der Waals surface area contributed by atoms with Crippen LogP contribution in [0.5, 0.6) is 11.5 Å². The molecule has 3 aromatic rings. The molecule has 3 aromatic carbocycles. The lowest BCUT2D eigenvalue weighted by atomic mass is 10.1. The number of esters is 1. The van der Waals surface area contributed by atoms with E-state index in [0.29, 0.717) is 21.2 Å². The largest absolute Gasteiger partial charge is 0.452 e. The lowest BCUT2D eigenvalue weighted by molar-refractivity contribution is -0.384. The topological polar surface area (TPSA) is 95.7 Å². The van der Waals surface area contributed by atoms with E-state index in [1.165, 1.54) is 48.5 Å². The maximum atomic E-state index is 12.6. The van der Waals surface area contributed by atoms with Crippen LogP contribution in [0, 0.1) is 10.1 Å². The molecule has 0 bridgehead atoms. The SMILES string of the molecule is O=C(Oc1ccc2c(c1)O/C(=C\c1ccc(Cl)cc1Cl)C2=O)c1ccc([N+](=O)[O-])cc1. The highest BCUT2D eigenvalue weighted by atomic mass is 35.5. The van der Waals surface area contributed by atoms with Crippen molar-refractivity contribution in [3.8, 4) is 11.5 Å². The van der Waals surface area contributed by atoms with Crippen molar-refractivity contribution in [2.24, 2.45) is 0 Å². The minimum Gasteiger partial charge on any atom is -0.452 e. The molecule has 0 atom stereocenters. The molecule has 0 N–H and O–H groups in total. The zero-order valence-electron chi connectivity index (χ0n) is 15.5. The van der Waals surface area contributed by atoms with Gasteiger partial charge in [0.25, 0.3) is 5.69 Å². The van der Waals surface area contributed by atoms with Crippen LogP contribution in [0.1, 0.15) is 26.3 Å². The Morgan fingerprint density at radius 3 is 2.45 bits per heavy atom. The van der Waals surface area contributed by atoms with E-state index in [-0.39, 0.29) is 34.3 Å². The summed E-state index contributed by atoms with van der Waals surface area (Å²) >= 11 is 12.0. The lowest BCUT2D eigenvalue weighted by Crippen LogP contribution is -2.08. The summed E-state index contributed by atoms with van der Waals surface area (Å²) in [6, 6.07) is 14.2. The van der Waals surface area contributed by atoms with E-state index in [1.54, 1.807) is 18.2 Å². The van der Waals surface area contributed by atoms with Gasteiger partial charge in [-0.15, -0.1) is 0 Å². The van der Waals surface area contributed by atoms with Gasteiger partial charge in [0.1, 0.15) is 11.5 Å². The number of ether oxygens (including phenoxy) is 2.